The van der Waals surface area contributed by atoms with E-state index in [4.69, 9.17) is 10.5 Å². The molecular weight excluding hydrogens is 397 g/mol. The lowest BCUT2D eigenvalue weighted by atomic mass is 10.2. The van der Waals surface area contributed by atoms with E-state index >= 15 is 0 Å². The minimum Gasteiger partial charge on any atom is -0.394 e. The molecule has 1 saturated heterocycles. The number of nitrogen functional groups attached to an aromatic ring is 1. The SMILES string of the molecule is Nc1nc2c(c(C#CCCC(=O)C(F)(F)F)cn2C2CC(O)C(CO)O2)c(=O)[nH]1. The van der Waals surface area contributed by atoms with Gasteiger partial charge >= 0.3 is 6.18 Å². The first-order valence-electron chi connectivity index (χ1n) is 8.55. The predicted molar refractivity (Wildman–Crippen MR) is 93.6 cm³/mol. The molecule has 0 bridgehead atoms. The van der Waals surface area contributed by atoms with Crippen molar-refractivity contribution in [3.63, 3.8) is 0 Å². The number of aliphatic hydroxyl groups excluding tert-OH is 2. The fourth-order valence-electron chi connectivity index (χ4n) is 3.01. The number of aliphatic hydroxyl groups is 2. The number of nitrogens with one attached hydrogen (secondary N) is 1. The molecule has 3 heterocycles. The molecule has 3 unspecified atom stereocenters. The van der Waals surface area contributed by atoms with E-state index in [9.17, 15) is 33.0 Å². The number of fused-ring (bicyclic) bond motifs is 1. The maximum Gasteiger partial charge on any atom is 0.450 e. The number of ketones is 1. The molecule has 5 N–H and O–H groups in total. The average molecular weight is 414 g/mol. The molecule has 156 valence electrons. The van der Waals surface area contributed by atoms with E-state index in [0.29, 0.717) is 0 Å². The Hall–Kier alpha value is -2.88. The van der Waals surface area contributed by atoms with Gasteiger partial charge in [0.15, 0.2) is 5.65 Å². The lowest BCUT2D eigenvalue weighted by Crippen LogP contribution is -2.24. The molecular formula is C17H17F3N4O5. The van der Waals surface area contributed by atoms with Gasteiger partial charge in [0.1, 0.15) is 12.3 Å². The fraction of sp³-hybridized carbons (Fsp3) is 0.471. The van der Waals surface area contributed by atoms with Gasteiger partial charge in [0.2, 0.25) is 11.7 Å². The Morgan fingerprint density at radius 2 is 2.21 bits per heavy atom. The second-order valence-corrected chi connectivity index (χ2v) is 6.44. The third-order valence-electron chi connectivity index (χ3n) is 4.41. The van der Waals surface area contributed by atoms with E-state index in [-0.39, 0.29) is 35.4 Å². The number of carbonyl (C=O) groups excluding carboxylic acids is 1. The molecule has 0 aromatic carbocycles. The third-order valence-corrected chi connectivity index (χ3v) is 4.41. The van der Waals surface area contributed by atoms with Crippen LogP contribution >= 0.6 is 0 Å². The van der Waals surface area contributed by atoms with Crippen molar-refractivity contribution in [3.8, 4) is 11.8 Å². The number of hydrogen-bond donors (Lipinski definition) is 4. The van der Waals surface area contributed by atoms with Crippen LogP contribution in [-0.2, 0) is 9.53 Å². The minimum absolute atomic E-state index is 0.0411. The van der Waals surface area contributed by atoms with Gasteiger partial charge in [-0.1, -0.05) is 11.8 Å². The number of halogens is 3. The zero-order valence-electron chi connectivity index (χ0n) is 14.9. The standard InChI is InChI=1S/C17H17F3N4O5/c18-17(19,20)11(27)4-2-1-3-8-6-24(12-5-9(26)10(7-25)29-12)14-13(8)15(28)23-16(21)22-14/h6,9-10,12,25-26H,2,4-5,7H2,(H3,21,22,23,28). The van der Waals surface area contributed by atoms with Crippen LogP contribution in [0.15, 0.2) is 11.0 Å². The van der Waals surface area contributed by atoms with Crippen LogP contribution in [0, 0.1) is 11.8 Å². The van der Waals surface area contributed by atoms with Crippen molar-refractivity contribution in [3.05, 3.63) is 22.1 Å². The van der Waals surface area contributed by atoms with Crippen molar-refractivity contribution >= 4 is 22.8 Å². The van der Waals surface area contributed by atoms with E-state index < -0.39 is 49.0 Å². The van der Waals surface area contributed by atoms with Gasteiger partial charge in [-0.05, 0) is 0 Å². The number of alkyl halides is 3. The molecule has 3 atom stereocenters. The number of Topliss-reactive ketones (excluding diaryl/α,β-unsaturated/α-hetero) is 1. The minimum atomic E-state index is -4.92. The Morgan fingerprint density at radius 3 is 2.83 bits per heavy atom. The molecule has 29 heavy (non-hydrogen) atoms. The largest absolute Gasteiger partial charge is 0.450 e. The molecule has 0 amide bonds. The lowest BCUT2D eigenvalue weighted by Gasteiger charge is -2.14. The van der Waals surface area contributed by atoms with Crippen LogP contribution < -0.4 is 11.3 Å². The number of hydrogen-bond acceptors (Lipinski definition) is 7. The third kappa shape index (κ3) is 4.26. The topological polar surface area (TPSA) is 143 Å². The van der Waals surface area contributed by atoms with Crippen LogP contribution in [0.2, 0.25) is 0 Å². The lowest BCUT2D eigenvalue weighted by molar-refractivity contribution is -0.170. The number of ether oxygens (including phenoxy) is 1. The normalized spacial score (nSPS) is 21.9. The Labute approximate surface area is 161 Å². The van der Waals surface area contributed by atoms with E-state index in [2.05, 4.69) is 21.8 Å². The summed E-state index contributed by atoms with van der Waals surface area (Å²) in [4.78, 5) is 29.6. The summed E-state index contributed by atoms with van der Waals surface area (Å²) in [6.45, 7) is -0.410. The quantitative estimate of drug-likeness (QED) is 0.524. The number of aromatic nitrogens is 3. The number of anilines is 1. The van der Waals surface area contributed by atoms with Crippen molar-refractivity contribution in [1.82, 2.24) is 14.5 Å². The fourth-order valence-corrected chi connectivity index (χ4v) is 3.01. The van der Waals surface area contributed by atoms with Gasteiger partial charge in [0.05, 0.1) is 23.7 Å². The summed E-state index contributed by atoms with van der Waals surface area (Å²) in [6, 6.07) is 0. The maximum atomic E-state index is 12.3. The second-order valence-electron chi connectivity index (χ2n) is 6.44. The Bertz CT molecular complexity index is 1050. The predicted octanol–water partition coefficient (Wildman–Crippen LogP) is 0.211. The number of carbonyl (C=O) groups is 1. The van der Waals surface area contributed by atoms with Crippen LogP contribution in [0.1, 0.15) is 31.1 Å². The first kappa shape index (κ1) is 20.8. The highest BCUT2D eigenvalue weighted by Crippen LogP contribution is 2.32. The van der Waals surface area contributed by atoms with Crippen molar-refractivity contribution in [2.24, 2.45) is 0 Å². The molecule has 3 rings (SSSR count). The van der Waals surface area contributed by atoms with Gasteiger partial charge in [0, 0.05) is 25.5 Å². The number of rotatable bonds is 4. The van der Waals surface area contributed by atoms with Gasteiger partial charge < -0.3 is 25.3 Å². The second kappa shape index (κ2) is 7.86. The number of nitrogens with zero attached hydrogens (tertiary/aromatic N) is 2. The Kier molecular flexibility index (Phi) is 5.65. The van der Waals surface area contributed by atoms with E-state index in [1.54, 1.807) is 0 Å². The van der Waals surface area contributed by atoms with Crippen LogP contribution in [0.4, 0.5) is 19.1 Å². The molecule has 0 radical (unpaired) electrons. The summed E-state index contributed by atoms with van der Waals surface area (Å²) in [5, 5.41) is 19.2. The van der Waals surface area contributed by atoms with Gasteiger partial charge in [-0.25, -0.2) is 0 Å². The highest BCUT2D eigenvalue weighted by atomic mass is 19.4. The van der Waals surface area contributed by atoms with Crippen molar-refractivity contribution < 1.29 is 32.9 Å². The molecule has 9 nitrogen and oxygen atoms in total. The van der Waals surface area contributed by atoms with Crippen molar-refractivity contribution in [2.75, 3.05) is 12.3 Å². The maximum absolute atomic E-state index is 12.3. The van der Waals surface area contributed by atoms with Gasteiger partial charge in [0.25, 0.3) is 5.56 Å². The summed E-state index contributed by atoms with van der Waals surface area (Å²) in [6.07, 6.45) is -7.08. The zero-order valence-corrected chi connectivity index (χ0v) is 14.9. The van der Waals surface area contributed by atoms with E-state index in [1.807, 2.05) is 0 Å². The summed E-state index contributed by atoms with van der Waals surface area (Å²) < 4.78 is 43.7. The van der Waals surface area contributed by atoms with Crippen molar-refractivity contribution in [1.29, 1.82) is 0 Å². The highest BCUT2D eigenvalue weighted by molar-refractivity contribution is 5.85. The van der Waals surface area contributed by atoms with Crippen LogP contribution in [-0.4, -0.2) is 55.5 Å². The van der Waals surface area contributed by atoms with Crippen molar-refractivity contribution in [2.45, 2.75) is 43.9 Å². The molecule has 2 aromatic rings. The molecule has 1 aliphatic heterocycles. The van der Waals surface area contributed by atoms with Crippen LogP contribution in [0.3, 0.4) is 0 Å². The highest BCUT2D eigenvalue weighted by Gasteiger charge is 2.37. The van der Waals surface area contributed by atoms with Gasteiger partial charge in [-0.3, -0.25) is 14.6 Å². The molecule has 2 aromatic heterocycles. The zero-order chi connectivity index (χ0) is 21.3. The molecule has 1 aliphatic rings. The van der Waals surface area contributed by atoms with Crippen LogP contribution in [0.25, 0.3) is 11.0 Å². The molecule has 1 fully saturated rings. The summed E-state index contributed by atoms with van der Waals surface area (Å²) in [5.74, 6) is 2.97. The van der Waals surface area contributed by atoms with Crippen LogP contribution in [0.5, 0.6) is 0 Å². The summed E-state index contributed by atoms with van der Waals surface area (Å²) >= 11 is 0. The average Bonchev–Trinajstić information content (AvgIpc) is 3.17. The first-order chi connectivity index (χ1) is 13.6. The summed E-state index contributed by atoms with van der Waals surface area (Å²) in [7, 11) is 0. The summed E-state index contributed by atoms with van der Waals surface area (Å²) in [5.41, 5.74) is 5.24. The first-order valence-corrected chi connectivity index (χ1v) is 8.55. The molecule has 0 saturated carbocycles. The van der Waals surface area contributed by atoms with E-state index in [1.165, 1.54) is 10.8 Å². The monoisotopic (exact) mass is 414 g/mol. The molecule has 0 aliphatic carbocycles. The smallest absolute Gasteiger partial charge is 0.394 e. The number of nitrogens with two attached hydrogens (primary N) is 1. The Balaban J connectivity index is 1.94. The number of aromatic amines is 1. The number of H-pyrrole nitrogens is 1. The molecule has 12 heteroatoms. The van der Waals surface area contributed by atoms with E-state index in [0.717, 1.165) is 0 Å². The van der Waals surface area contributed by atoms with Gasteiger partial charge in [-0.2, -0.15) is 18.2 Å². The Morgan fingerprint density at radius 1 is 1.48 bits per heavy atom. The molecule has 0 spiro atoms. The van der Waals surface area contributed by atoms with Gasteiger partial charge in [-0.15, -0.1) is 0 Å².